The van der Waals surface area contributed by atoms with Crippen LogP contribution in [-0.2, 0) is 4.79 Å². The number of carboxylic acid groups (broad SMARTS) is 1. The second kappa shape index (κ2) is 4.60. The molecule has 0 spiro atoms. The van der Waals surface area contributed by atoms with Crippen LogP contribution < -0.4 is 0 Å². The van der Waals surface area contributed by atoms with Crippen molar-refractivity contribution in [3.63, 3.8) is 0 Å². The van der Waals surface area contributed by atoms with Gasteiger partial charge in [0, 0.05) is 0 Å². The molecular weight excluding hydrogens is 200 g/mol. The maximum Gasteiger partial charge on any atom is 0.306 e. The molecule has 0 amide bonds. The number of carbonyl (C=O) groups is 1. The Morgan fingerprint density at radius 2 is 1.69 bits per heavy atom. The van der Waals surface area contributed by atoms with Gasteiger partial charge in [-0.25, -0.2) is 0 Å². The number of hydrogen-bond acceptors (Lipinski definition) is 1. The Morgan fingerprint density at radius 1 is 1.19 bits per heavy atom. The summed E-state index contributed by atoms with van der Waals surface area (Å²) in [5.41, 5.74) is 1.34. The van der Waals surface area contributed by atoms with Crippen LogP contribution in [0.15, 0.2) is 12.2 Å². The highest BCUT2D eigenvalue weighted by molar-refractivity contribution is 5.70. The van der Waals surface area contributed by atoms with Crippen molar-refractivity contribution in [2.75, 3.05) is 0 Å². The van der Waals surface area contributed by atoms with E-state index in [0.29, 0.717) is 11.8 Å². The molecule has 16 heavy (non-hydrogen) atoms. The number of hydrogen-bond donors (Lipinski definition) is 1. The molecule has 0 aromatic heterocycles. The van der Waals surface area contributed by atoms with E-state index in [0.717, 1.165) is 24.8 Å². The summed E-state index contributed by atoms with van der Waals surface area (Å²) >= 11 is 0. The molecule has 2 nitrogen and oxygen atoms in total. The van der Waals surface area contributed by atoms with Crippen LogP contribution in [0.5, 0.6) is 0 Å². The van der Waals surface area contributed by atoms with Crippen LogP contribution in [-0.4, -0.2) is 11.1 Å². The number of carboxylic acids is 1. The molecule has 0 aromatic rings. The largest absolute Gasteiger partial charge is 0.481 e. The molecule has 3 unspecified atom stereocenters. The molecule has 92 valence electrons. The predicted octanol–water partition coefficient (Wildman–Crippen LogP) is 3.73. The Hall–Kier alpha value is -0.790. The molecule has 1 aliphatic carbocycles. The average Bonchev–Trinajstić information content (AvgIpc) is 2.15. The summed E-state index contributed by atoms with van der Waals surface area (Å²) in [6.07, 6.45) is 2.70. The maximum absolute atomic E-state index is 11.2. The lowest BCUT2D eigenvalue weighted by Gasteiger charge is -2.40. The van der Waals surface area contributed by atoms with Gasteiger partial charge in [0.25, 0.3) is 0 Å². The molecule has 1 saturated carbocycles. The first kappa shape index (κ1) is 13.3. The van der Waals surface area contributed by atoms with Crippen LogP contribution in [0.1, 0.15) is 47.0 Å². The average molecular weight is 224 g/mol. The van der Waals surface area contributed by atoms with Crippen LogP contribution in [0.4, 0.5) is 0 Å². The molecule has 1 aliphatic rings. The molecule has 0 heterocycles. The van der Waals surface area contributed by atoms with Crippen molar-refractivity contribution in [1.29, 1.82) is 0 Å². The Morgan fingerprint density at radius 3 is 2.06 bits per heavy atom. The predicted molar refractivity (Wildman–Crippen MR) is 66.2 cm³/mol. The third kappa shape index (κ3) is 3.10. The molecule has 0 bridgehead atoms. The van der Waals surface area contributed by atoms with Gasteiger partial charge in [-0.2, -0.15) is 0 Å². The number of rotatable bonds is 2. The molecule has 0 radical (unpaired) electrons. The third-order valence-electron chi connectivity index (χ3n) is 3.98. The normalized spacial score (nSPS) is 31.1. The van der Waals surface area contributed by atoms with Gasteiger partial charge in [-0.15, -0.1) is 0 Å². The minimum atomic E-state index is -0.639. The maximum atomic E-state index is 11.2. The smallest absolute Gasteiger partial charge is 0.306 e. The van der Waals surface area contributed by atoms with Gasteiger partial charge in [0.2, 0.25) is 0 Å². The highest BCUT2D eigenvalue weighted by Crippen LogP contribution is 2.44. The Kier molecular flexibility index (Phi) is 3.82. The van der Waals surface area contributed by atoms with Gasteiger partial charge in [-0.1, -0.05) is 32.9 Å². The molecule has 2 heteroatoms. The zero-order chi connectivity index (χ0) is 12.5. The summed E-state index contributed by atoms with van der Waals surface area (Å²) < 4.78 is 0. The fraction of sp³-hybridized carbons (Fsp3) is 0.786. The van der Waals surface area contributed by atoms with Crippen LogP contribution >= 0.6 is 0 Å². The molecule has 0 saturated heterocycles. The van der Waals surface area contributed by atoms with E-state index in [9.17, 15) is 9.90 Å². The highest BCUT2D eigenvalue weighted by atomic mass is 16.4. The van der Waals surface area contributed by atoms with Gasteiger partial charge in [0.1, 0.15) is 0 Å². The van der Waals surface area contributed by atoms with E-state index < -0.39 is 5.97 Å². The van der Waals surface area contributed by atoms with E-state index in [-0.39, 0.29) is 11.3 Å². The van der Waals surface area contributed by atoms with E-state index in [1.807, 2.05) is 6.92 Å². The summed E-state index contributed by atoms with van der Waals surface area (Å²) in [6.45, 7) is 12.6. The SMILES string of the molecule is C=C(C)C1CC(C(=O)O)CC(C(C)(C)C)C1. The summed E-state index contributed by atoms with van der Waals surface area (Å²) in [4.78, 5) is 11.2. The zero-order valence-corrected chi connectivity index (χ0v) is 10.9. The monoisotopic (exact) mass is 224 g/mol. The van der Waals surface area contributed by atoms with Gasteiger partial charge >= 0.3 is 5.97 Å². The fourth-order valence-corrected chi connectivity index (χ4v) is 2.63. The first-order valence-electron chi connectivity index (χ1n) is 6.10. The summed E-state index contributed by atoms with van der Waals surface area (Å²) in [7, 11) is 0. The molecule has 0 aromatic carbocycles. The standard InChI is InChI=1S/C14H24O2/c1-9(2)10-6-11(13(15)16)8-12(7-10)14(3,4)5/h10-12H,1,6-8H2,2-5H3,(H,15,16). The van der Waals surface area contributed by atoms with Gasteiger partial charge in [-0.05, 0) is 43.4 Å². The molecule has 1 fully saturated rings. The van der Waals surface area contributed by atoms with Crippen LogP contribution in [0.25, 0.3) is 0 Å². The topological polar surface area (TPSA) is 37.3 Å². The molecule has 0 aliphatic heterocycles. The quantitative estimate of drug-likeness (QED) is 0.726. The van der Waals surface area contributed by atoms with Crippen LogP contribution in [0.3, 0.4) is 0 Å². The van der Waals surface area contributed by atoms with Crippen molar-refractivity contribution in [2.45, 2.75) is 47.0 Å². The zero-order valence-electron chi connectivity index (χ0n) is 10.9. The van der Waals surface area contributed by atoms with Crippen molar-refractivity contribution in [3.05, 3.63) is 12.2 Å². The third-order valence-corrected chi connectivity index (χ3v) is 3.98. The van der Waals surface area contributed by atoms with E-state index in [1.165, 1.54) is 0 Å². The van der Waals surface area contributed by atoms with Crippen molar-refractivity contribution in [2.24, 2.45) is 23.2 Å². The molecule has 1 rings (SSSR count). The molecule has 1 N–H and O–H groups in total. The van der Waals surface area contributed by atoms with Gasteiger partial charge < -0.3 is 5.11 Å². The van der Waals surface area contributed by atoms with Crippen molar-refractivity contribution >= 4 is 5.97 Å². The molecule has 3 atom stereocenters. The number of aliphatic carboxylic acids is 1. The van der Waals surface area contributed by atoms with E-state index in [2.05, 4.69) is 27.4 Å². The lowest BCUT2D eigenvalue weighted by molar-refractivity contribution is -0.144. The Balaban J connectivity index is 2.82. The Labute approximate surface area is 98.7 Å². The number of allylic oxidation sites excluding steroid dienone is 1. The lowest BCUT2D eigenvalue weighted by atomic mass is 9.64. The van der Waals surface area contributed by atoms with E-state index >= 15 is 0 Å². The van der Waals surface area contributed by atoms with Crippen molar-refractivity contribution in [1.82, 2.24) is 0 Å². The van der Waals surface area contributed by atoms with Gasteiger partial charge in [-0.3, -0.25) is 4.79 Å². The molecular formula is C14H24O2. The fourth-order valence-electron chi connectivity index (χ4n) is 2.63. The van der Waals surface area contributed by atoms with Gasteiger partial charge in [0.05, 0.1) is 5.92 Å². The van der Waals surface area contributed by atoms with E-state index in [4.69, 9.17) is 0 Å². The summed E-state index contributed by atoms with van der Waals surface area (Å²) in [6, 6.07) is 0. The summed E-state index contributed by atoms with van der Waals surface area (Å²) in [5.74, 6) is 0.0583. The van der Waals surface area contributed by atoms with Crippen molar-refractivity contribution < 1.29 is 9.90 Å². The Bertz CT molecular complexity index is 264. The minimum Gasteiger partial charge on any atom is -0.481 e. The summed E-state index contributed by atoms with van der Waals surface area (Å²) in [5, 5.41) is 9.19. The van der Waals surface area contributed by atoms with E-state index in [1.54, 1.807) is 0 Å². The highest BCUT2D eigenvalue weighted by Gasteiger charge is 2.37. The minimum absolute atomic E-state index is 0.181. The van der Waals surface area contributed by atoms with Crippen LogP contribution in [0.2, 0.25) is 0 Å². The first-order chi connectivity index (χ1) is 7.21. The van der Waals surface area contributed by atoms with Crippen LogP contribution in [0, 0.1) is 23.2 Å². The lowest BCUT2D eigenvalue weighted by Crippen LogP contribution is -2.34. The van der Waals surface area contributed by atoms with Crippen molar-refractivity contribution in [3.8, 4) is 0 Å². The van der Waals surface area contributed by atoms with Gasteiger partial charge in [0.15, 0.2) is 0 Å². The second-order valence-electron chi connectivity index (χ2n) is 6.35. The first-order valence-corrected chi connectivity index (χ1v) is 6.10. The second-order valence-corrected chi connectivity index (χ2v) is 6.35.